The molecule has 25 heavy (non-hydrogen) atoms. The Labute approximate surface area is 159 Å². The second kappa shape index (κ2) is 6.71. The van der Waals surface area contributed by atoms with Gasteiger partial charge in [0.25, 0.3) is 0 Å². The second-order valence-corrected chi connectivity index (χ2v) is 7.75. The van der Waals surface area contributed by atoms with Gasteiger partial charge in [-0.05, 0) is 60.7 Å². The van der Waals surface area contributed by atoms with Gasteiger partial charge in [-0.2, -0.15) is 0 Å². The van der Waals surface area contributed by atoms with Crippen LogP contribution in [0.2, 0.25) is 4.34 Å². The fourth-order valence-corrected chi connectivity index (χ4v) is 4.55. The molecule has 0 amide bonds. The molecule has 1 N–H and O–H groups in total. The molecular formula is C18H13ClFN3S2. The highest BCUT2D eigenvalue weighted by Gasteiger charge is 2.41. The van der Waals surface area contributed by atoms with Gasteiger partial charge in [0, 0.05) is 16.8 Å². The van der Waals surface area contributed by atoms with Gasteiger partial charge in [0.2, 0.25) is 0 Å². The molecule has 2 aromatic heterocycles. The normalized spacial score (nSPS) is 19.9. The second-order valence-electron chi connectivity index (χ2n) is 5.61. The van der Waals surface area contributed by atoms with Crippen molar-refractivity contribution >= 4 is 46.0 Å². The van der Waals surface area contributed by atoms with Crippen LogP contribution in [-0.2, 0) is 0 Å². The summed E-state index contributed by atoms with van der Waals surface area (Å²) >= 11 is 13.3. The van der Waals surface area contributed by atoms with E-state index in [1.807, 2.05) is 35.2 Å². The summed E-state index contributed by atoms with van der Waals surface area (Å²) in [5.41, 5.74) is 1.72. The van der Waals surface area contributed by atoms with E-state index in [4.69, 9.17) is 23.8 Å². The van der Waals surface area contributed by atoms with Crippen molar-refractivity contribution in [3.8, 4) is 0 Å². The van der Waals surface area contributed by atoms with Crippen molar-refractivity contribution in [3.63, 3.8) is 0 Å². The first-order valence-corrected chi connectivity index (χ1v) is 9.25. The van der Waals surface area contributed by atoms with Gasteiger partial charge in [0.1, 0.15) is 5.82 Å². The van der Waals surface area contributed by atoms with Crippen LogP contribution in [0.5, 0.6) is 0 Å². The molecule has 1 saturated heterocycles. The largest absolute Gasteiger partial charge is 0.351 e. The number of hydrogen-bond acceptors (Lipinski definition) is 3. The lowest BCUT2D eigenvalue weighted by Gasteiger charge is -2.26. The van der Waals surface area contributed by atoms with E-state index in [9.17, 15) is 4.39 Å². The number of halogens is 2. The molecule has 1 aromatic carbocycles. The summed E-state index contributed by atoms with van der Waals surface area (Å²) < 4.78 is 14.1. The topological polar surface area (TPSA) is 28.2 Å². The summed E-state index contributed by atoms with van der Waals surface area (Å²) in [6.45, 7) is 0. The molecule has 0 saturated carbocycles. The molecule has 3 nitrogen and oxygen atoms in total. The van der Waals surface area contributed by atoms with E-state index in [1.165, 1.54) is 23.5 Å². The lowest BCUT2D eigenvalue weighted by Crippen LogP contribution is -2.29. The minimum absolute atomic E-state index is 0.106. The predicted octanol–water partition coefficient (Wildman–Crippen LogP) is 5.11. The molecule has 0 radical (unpaired) electrons. The van der Waals surface area contributed by atoms with Gasteiger partial charge in [-0.15, -0.1) is 11.3 Å². The highest BCUT2D eigenvalue weighted by atomic mass is 35.5. The molecule has 1 aliphatic heterocycles. The van der Waals surface area contributed by atoms with Crippen molar-refractivity contribution < 1.29 is 4.39 Å². The molecule has 1 fully saturated rings. The highest BCUT2D eigenvalue weighted by molar-refractivity contribution is 7.80. The van der Waals surface area contributed by atoms with Gasteiger partial charge in [0.05, 0.1) is 22.1 Å². The number of hydrogen-bond donors (Lipinski definition) is 1. The van der Waals surface area contributed by atoms with Gasteiger partial charge >= 0.3 is 0 Å². The van der Waals surface area contributed by atoms with E-state index in [0.29, 0.717) is 9.45 Å². The number of pyridine rings is 1. The number of anilines is 1. The fraction of sp³-hybridized carbons (Fsp3) is 0.111. The average molecular weight is 390 g/mol. The number of thiocarbonyl (C=S) groups is 1. The molecule has 3 aromatic rings. The molecule has 1 aliphatic rings. The van der Waals surface area contributed by atoms with Crippen molar-refractivity contribution in [2.45, 2.75) is 12.1 Å². The van der Waals surface area contributed by atoms with Crippen LogP contribution in [0.4, 0.5) is 10.1 Å². The minimum atomic E-state index is -0.279. The molecule has 0 spiro atoms. The van der Waals surface area contributed by atoms with E-state index < -0.39 is 0 Å². The molecule has 0 bridgehead atoms. The number of aromatic nitrogens is 1. The Hall–Kier alpha value is -2.02. The van der Waals surface area contributed by atoms with E-state index in [-0.39, 0.29) is 17.9 Å². The first kappa shape index (κ1) is 16.4. The molecule has 3 heterocycles. The van der Waals surface area contributed by atoms with Gasteiger partial charge < -0.3 is 10.2 Å². The zero-order valence-electron chi connectivity index (χ0n) is 12.9. The third-order valence-corrected chi connectivity index (χ3v) is 5.70. The number of nitrogens with one attached hydrogen (secondary N) is 1. The van der Waals surface area contributed by atoms with Gasteiger partial charge in [0.15, 0.2) is 5.11 Å². The Bertz CT molecular complexity index is 898. The maximum Gasteiger partial charge on any atom is 0.174 e. The monoisotopic (exact) mass is 389 g/mol. The van der Waals surface area contributed by atoms with Crippen molar-refractivity contribution in [2.75, 3.05) is 4.90 Å². The zero-order valence-corrected chi connectivity index (χ0v) is 15.3. The molecule has 126 valence electrons. The number of benzene rings is 1. The van der Waals surface area contributed by atoms with E-state index in [2.05, 4.69) is 10.3 Å². The van der Waals surface area contributed by atoms with Crippen molar-refractivity contribution in [2.24, 2.45) is 0 Å². The van der Waals surface area contributed by atoms with Crippen LogP contribution in [-0.4, -0.2) is 10.1 Å². The lowest BCUT2D eigenvalue weighted by molar-refractivity contribution is 0.575. The molecule has 0 aliphatic carbocycles. The maximum absolute atomic E-state index is 13.3. The fourth-order valence-electron chi connectivity index (χ4n) is 3.01. The average Bonchev–Trinajstić information content (AvgIpc) is 3.20. The lowest BCUT2D eigenvalue weighted by atomic mass is 10.0. The number of nitrogens with zero attached hydrogens (tertiary/aromatic N) is 2. The quantitative estimate of drug-likeness (QED) is 0.630. The summed E-state index contributed by atoms with van der Waals surface area (Å²) in [7, 11) is 0. The van der Waals surface area contributed by atoms with Crippen molar-refractivity contribution in [1.82, 2.24) is 10.3 Å². The first-order valence-electron chi connectivity index (χ1n) is 7.65. The summed E-state index contributed by atoms with van der Waals surface area (Å²) in [5, 5.41) is 3.94. The van der Waals surface area contributed by atoms with E-state index in [1.54, 1.807) is 18.3 Å². The van der Waals surface area contributed by atoms with Crippen molar-refractivity contribution in [3.05, 3.63) is 81.5 Å². The first-order chi connectivity index (χ1) is 12.1. The molecule has 2 atom stereocenters. The molecule has 2 unspecified atom stereocenters. The van der Waals surface area contributed by atoms with Crippen LogP contribution in [0.1, 0.15) is 22.7 Å². The van der Waals surface area contributed by atoms with Crippen LogP contribution in [0.15, 0.2) is 60.8 Å². The summed E-state index contributed by atoms with van der Waals surface area (Å²) in [5.74, 6) is -0.279. The van der Waals surface area contributed by atoms with E-state index >= 15 is 0 Å². The summed E-state index contributed by atoms with van der Waals surface area (Å²) in [6.07, 6.45) is 1.76. The van der Waals surface area contributed by atoms with Crippen LogP contribution in [0, 0.1) is 5.82 Å². The third kappa shape index (κ3) is 3.13. The van der Waals surface area contributed by atoms with E-state index in [0.717, 1.165) is 16.3 Å². The minimum Gasteiger partial charge on any atom is -0.351 e. The van der Waals surface area contributed by atoms with Crippen LogP contribution in [0.25, 0.3) is 0 Å². The maximum atomic E-state index is 13.3. The van der Waals surface area contributed by atoms with Gasteiger partial charge in [-0.1, -0.05) is 17.7 Å². The van der Waals surface area contributed by atoms with Gasteiger partial charge in [-0.25, -0.2) is 4.39 Å². The number of thiophene rings is 1. The van der Waals surface area contributed by atoms with Crippen molar-refractivity contribution in [1.29, 1.82) is 0 Å². The Morgan fingerprint density at radius 1 is 1.12 bits per heavy atom. The molecule has 4 rings (SSSR count). The summed E-state index contributed by atoms with van der Waals surface area (Å²) in [6, 6.07) is 15.8. The Balaban J connectivity index is 1.81. The Morgan fingerprint density at radius 2 is 1.92 bits per heavy atom. The van der Waals surface area contributed by atoms with Crippen LogP contribution < -0.4 is 10.2 Å². The Morgan fingerprint density at radius 3 is 2.56 bits per heavy atom. The molecular weight excluding hydrogens is 377 g/mol. The van der Waals surface area contributed by atoms with Gasteiger partial charge in [-0.3, -0.25) is 4.98 Å². The third-order valence-electron chi connectivity index (χ3n) is 4.09. The standard InChI is InChI=1S/C18H13ClFN3S2/c19-15-9-8-14(25-15)17-16(13-3-1-2-10-21-13)22-18(24)23(17)12-6-4-11(20)5-7-12/h1-10,16-17H,(H,22,24). The Kier molecular flexibility index (Phi) is 4.41. The molecule has 7 heteroatoms. The van der Waals surface area contributed by atoms with Crippen LogP contribution in [0.3, 0.4) is 0 Å². The van der Waals surface area contributed by atoms with Crippen LogP contribution >= 0.6 is 35.2 Å². The SMILES string of the molecule is Fc1ccc(N2C(=S)NC(c3ccccn3)C2c2ccc(Cl)s2)cc1. The smallest absolute Gasteiger partial charge is 0.174 e. The zero-order chi connectivity index (χ0) is 17.4. The highest BCUT2D eigenvalue weighted by Crippen LogP contribution is 2.44. The predicted molar refractivity (Wildman–Crippen MR) is 104 cm³/mol. The summed E-state index contributed by atoms with van der Waals surface area (Å²) in [4.78, 5) is 7.55. The number of rotatable bonds is 3.